The van der Waals surface area contributed by atoms with Gasteiger partial charge in [-0.25, -0.2) is 0 Å². The van der Waals surface area contributed by atoms with E-state index >= 15 is 0 Å². The monoisotopic (exact) mass is 229 g/mol. The lowest BCUT2D eigenvalue weighted by molar-refractivity contribution is -0.137. The Kier molecular flexibility index (Phi) is 5.45. The molecule has 1 rings (SSSR count). The molecule has 0 aromatic carbocycles. The second kappa shape index (κ2) is 6.92. The largest absolute Gasteiger partial charge is 0.481 e. The number of carbonyl (C=O) groups is 1. The summed E-state index contributed by atoms with van der Waals surface area (Å²) >= 11 is 0. The summed E-state index contributed by atoms with van der Waals surface area (Å²) in [5.41, 5.74) is 0.837. The summed E-state index contributed by atoms with van der Waals surface area (Å²) in [6, 6.07) is 0. The van der Waals surface area contributed by atoms with Gasteiger partial charge in [-0.1, -0.05) is 5.21 Å². The molecule has 1 aromatic heterocycles. The molecular formula is C10H16FN3O2. The van der Waals surface area contributed by atoms with Crippen molar-refractivity contribution in [2.75, 3.05) is 6.67 Å². The van der Waals surface area contributed by atoms with E-state index < -0.39 is 5.97 Å². The molecule has 1 aromatic rings. The zero-order valence-electron chi connectivity index (χ0n) is 9.10. The third-order valence-corrected chi connectivity index (χ3v) is 2.18. The van der Waals surface area contributed by atoms with Crippen LogP contribution in [-0.4, -0.2) is 32.7 Å². The van der Waals surface area contributed by atoms with Crippen LogP contribution in [0.2, 0.25) is 0 Å². The van der Waals surface area contributed by atoms with Crippen LogP contribution in [0.1, 0.15) is 31.4 Å². The van der Waals surface area contributed by atoms with Crippen LogP contribution in [0.25, 0.3) is 0 Å². The average molecular weight is 229 g/mol. The normalized spacial score (nSPS) is 10.6. The number of hydrogen-bond donors (Lipinski definition) is 1. The minimum Gasteiger partial charge on any atom is -0.481 e. The van der Waals surface area contributed by atoms with Crippen LogP contribution in [0.4, 0.5) is 4.39 Å². The number of aliphatic carboxylic acids is 1. The Hall–Kier alpha value is -1.46. The molecule has 0 aliphatic carbocycles. The second-order valence-electron chi connectivity index (χ2n) is 3.62. The van der Waals surface area contributed by atoms with Crippen molar-refractivity contribution in [3.8, 4) is 0 Å². The number of nitrogens with zero attached hydrogens (tertiary/aromatic N) is 3. The van der Waals surface area contributed by atoms with Gasteiger partial charge in [0.2, 0.25) is 0 Å². The van der Waals surface area contributed by atoms with Crippen LogP contribution in [-0.2, 0) is 17.8 Å². The number of halogens is 1. The lowest BCUT2D eigenvalue weighted by Crippen LogP contribution is -1.99. The number of carboxylic acids is 1. The standard InChI is InChI=1S/C10H16FN3O2/c11-6-3-7-14-8-9(12-13-14)4-1-2-5-10(15)16/h8H,1-7H2,(H,15,16). The van der Waals surface area contributed by atoms with E-state index in [2.05, 4.69) is 10.3 Å². The van der Waals surface area contributed by atoms with Crippen molar-refractivity contribution in [3.05, 3.63) is 11.9 Å². The highest BCUT2D eigenvalue weighted by Gasteiger charge is 2.02. The molecule has 1 heterocycles. The summed E-state index contributed by atoms with van der Waals surface area (Å²) in [6.07, 6.45) is 4.58. The Morgan fingerprint density at radius 2 is 2.25 bits per heavy atom. The van der Waals surface area contributed by atoms with Gasteiger partial charge in [-0.3, -0.25) is 13.9 Å². The van der Waals surface area contributed by atoms with E-state index in [1.807, 2.05) is 0 Å². The molecule has 0 aliphatic rings. The third-order valence-electron chi connectivity index (χ3n) is 2.18. The Bertz CT molecular complexity index is 328. The van der Waals surface area contributed by atoms with Crippen molar-refractivity contribution in [1.82, 2.24) is 15.0 Å². The maximum Gasteiger partial charge on any atom is 0.303 e. The van der Waals surface area contributed by atoms with Gasteiger partial charge in [-0.05, 0) is 25.7 Å². The molecule has 0 unspecified atom stereocenters. The molecule has 0 saturated heterocycles. The van der Waals surface area contributed by atoms with Crippen LogP contribution in [0, 0.1) is 0 Å². The summed E-state index contributed by atoms with van der Waals surface area (Å²) in [6.45, 7) is 0.187. The van der Waals surface area contributed by atoms with E-state index in [1.54, 1.807) is 10.9 Å². The van der Waals surface area contributed by atoms with Crippen molar-refractivity contribution >= 4 is 5.97 Å². The quantitative estimate of drug-likeness (QED) is 0.685. The van der Waals surface area contributed by atoms with Gasteiger partial charge in [0.25, 0.3) is 0 Å². The number of aryl methyl sites for hydroxylation is 2. The fourth-order valence-electron chi connectivity index (χ4n) is 1.37. The molecule has 90 valence electrons. The molecule has 0 amide bonds. The smallest absolute Gasteiger partial charge is 0.303 e. The number of hydrogen-bond acceptors (Lipinski definition) is 3. The number of alkyl halides is 1. The number of unbranched alkanes of at least 4 members (excludes halogenated alkanes) is 1. The molecule has 0 fully saturated rings. The minimum atomic E-state index is -0.772. The van der Waals surface area contributed by atoms with Crippen molar-refractivity contribution in [3.63, 3.8) is 0 Å². The zero-order valence-corrected chi connectivity index (χ0v) is 9.10. The third kappa shape index (κ3) is 4.86. The first-order chi connectivity index (χ1) is 7.72. The van der Waals surface area contributed by atoms with Gasteiger partial charge in [0.05, 0.1) is 12.4 Å². The first-order valence-electron chi connectivity index (χ1n) is 5.39. The summed E-state index contributed by atoms with van der Waals surface area (Å²) in [4.78, 5) is 10.3. The first kappa shape index (κ1) is 12.6. The van der Waals surface area contributed by atoms with E-state index in [9.17, 15) is 9.18 Å². The molecule has 1 N–H and O–H groups in total. The van der Waals surface area contributed by atoms with Crippen molar-refractivity contribution in [2.45, 2.75) is 38.6 Å². The summed E-state index contributed by atoms with van der Waals surface area (Å²) in [5, 5.41) is 16.2. The van der Waals surface area contributed by atoms with Crippen LogP contribution in [0.15, 0.2) is 6.20 Å². The maximum atomic E-state index is 11.9. The average Bonchev–Trinajstić information content (AvgIpc) is 2.69. The van der Waals surface area contributed by atoms with Crippen molar-refractivity contribution in [1.29, 1.82) is 0 Å². The lowest BCUT2D eigenvalue weighted by Gasteiger charge is -1.95. The van der Waals surface area contributed by atoms with Gasteiger partial charge in [-0.2, -0.15) is 0 Å². The van der Waals surface area contributed by atoms with Gasteiger partial charge >= 0.3 is 5.97 Å². The summed E-state index contributed by atoms with van der Waals surface area (Å²) in [7, 11) is 0. The van der Waals surface area contributed by atoms with Gasteiger partial charge in [-0.15, -0.1) is 5.10 Å². The Morgan fingerprint density at radius 1 is 1.44 bits per heavy atom. The predicted molar refractivity (Wildman–Crippen MR) is 55.8 cm³/mol. The molecule has 0 bridgehead atoms. The summed E-state index contributed by atoms with van der Waals surface area (Å²) < 4.78 is 13.5. The van der Waals surface area contributed by atoms with Gasteiger partial charge < -0.3 is 5.11 Å². The Balaban J connectivity index is 2.21. The maximum absolute atomic E-state index is 11.9. The highest BCUT2D eigenvalue weighted by Crippen LogP contribution is 2.03. The molecule has 0 saturated carbocycles. The predicted octanol–water partition coefficient (Wildman–Crippen LogP) is 1.44. The molecule has 16 heavy (non-hydrogen) atoms. The SMILES string of the molecule is O=C(O)CCCCc1cn(CCCF)nn1. The molecule has 0 spiro atoms. The molecule has 6 heteroatoms. The Labute approximate surface area is 93.3 Å². The number of aromatic nitrogens is 3. The molecule has 0 atom stereocenters. The second-order valence-corrected chi connectivity index (χ2v) is 3.62. The van der Waals surface area contributed by atoms with Gasteiger partial charge in [0, 0.05) is 19.2 Å². The van der Waals surface area contributed by atoms with E-state index in [1.165, 1.54) is 0 Å². The van der Waals surface area contributed by atoms with E-state index in [0.717, 1.165) is 18.5 Å². The Morgan fingerprint density at radius 3 is 2.94 bits per heavy atom. The van der Waals surface area contributed by atoms with E-state index in [0.29, 0.717) is 19.4 Å². The minimum absolute atomic E-state index is 0.190. The zero-order chi connectivity index (χ0) is 11.8. The van der Waals surface area contributed by atoms with E-state index in [4.69, 9.17) is 5.11 Å². The fourth-order valence-corrected chi connectivity index (χ4v) is 1.37. The summed E-state index contributed by atoms with van der Waals surface area (Å²) in [5.74, 6) is -0.772. The van der Waals surface area contributed by atoms with Gasteiger partial charge in [0.1, 0.15) is 0 Å². The van der Waals surface area contributed by atoms with Crippen molar-refractivity contribution < 1.29 is 14.3 Å². The molecule has 0 aliphatic heterocycles. The van der Waals surface area contributed by atoms with Crippen LogP contribution in [0.5, 0.6) is 0 Å². The van der Waals surface area contributed by atoms with Crippen LogP contribution in [0.3, 0.4) is 0 Å². The molecule has 5 nitrogen and oxygen atoms in total. The lowest BCUT2D eigenvalue weighted by atomic mass is 10.1. The highest BCUT2D eigenvalue weighted by molar-refractivity contribution is 5.66. The number of carboxylic acid groups (broad SMARTS) is 1. The van der Waals surface area contributed by atoms with Crippen molar-refractivity contribution in [2.24, 2.45) is 0 Å². The first-order valence-corrected chi connectivity index (χ1v) is 5.39. The van der Waals surface area contributed by atoms with Gasteiger partial charge in [0.15, 0.2) is 0 Å². The van der Waals surface area contributed by atoms with Crippen LogP contribution >= 0.6 is 0 Å². The molecule has 0 radical (unpaired) electrons. The highest BCUT2D eigenvalue weighted by atomic mass is 19.1. The van der Waals surface area contributed by atoms with E-state index in [-0.39, 0.29) is 13.1 Å². The molecular weight excluding hydrogens is 213 g/mol. The van der Waals surface area contributed by atoms with Crippen LogP contribution < -0.4 is 0 Å². The fraction of sp³-hybridized carbons (Fsp3) is 0.700. The topological polar surface area (TPSA) is 68.0 Å². The number of rotatable bonds is 8.